The van der Waals surface area contributed by atoms with Crippen molar-refractivity contribution in [1.29, 1.82) is 0 Å². The number of rotatable bonds is 5. The molecule has 0 bridgehead atoms. The van der Waals surface area contributed by atoms with Gasteiger partial charge in [-0.2, -0.15) is 0 Å². The van der Waals surface area contributed by atoms with Crippen LogP contribution in [0, 0.1) is 23.5 Å². The maximum absolute atomic E-state index is 13.3. The zero-order chi connectivity index (χ0) is 18.7. The maximum Gasteiger partial charge on any atom is 0.306 e. The Morgan fingerprint density at radius 3 is 2.35 bits per heavy atom. The molecule has 7 heteroatoms. The smallest absolute Gasteiger partial charge is 0.306 e. The Balaban J connectivity index is 1.73. The van der Waals surface area contributed by atoms with Gasteiger partial charge in [0.2, 0.25) is 5.91 Å². The second kappa shape index (κ2) is 7.51. The third-order valence-electron chi connectivity index (χ3n) is 4.36. The van der Waals surface area contributed by atoms with Gasteiger partial charge in [-0.25, -0.2) is 8.78 Å². The number of carbonyl (C=O) groups excluding carboxylic acids is 1. The second-order valence-corrected chi connectivity index (χ2v) is 6.24. The van der Waals surface area contributed by atoms with E-state index in [9.17, 15) is 18.4 Å². The molecule has 1 fully saturated rings. The molecule has 26 heavy (non-hydrogen) atoms. The zero-order valence-corrected chi connectivity index (χ0v) is 13.7. The summed E-state index contributed by atoms with van der Waals surface area (Å²) in [6, 6.07) is 9.32. The van der Waals surface area contributed by atoms with Crippen molar-refractivity contribution >= 4 is 17.6 Å². The molecule has 1 aliphatic rings. The highest BCUT2D eigenvalue weighted by atomic mass is 19.1. The summed E-state index contributed by atoms with van der Waals surface area (Å²) in [5.74, 6) is -3.43. The van der Waals surface area contributed by atoms with Gasteiger partial charge >= 0.3 is 5.97 Å². The van der Waals surface area contributed by atoms with E-state index in [1.165, 1.54) is 0 Å². The fraction of sp³-hybridized carbons (Fsp3) is 0.263. The van der Waals surface area contributed by atoms with Gasteiger partial charge < -0.3 is 15.2 Å². The minimum absolute atomic E-state index is 0.0315. The number of anilines is 1. The molecule has 0 radical (unpaired) electrons. The first-order chi connectivity index (χ1) is 12.4. The van der Waals surface area contributed by atoms with Crippen LogP contribution in [0.3, 0.4) is 0 Å². The van der Waals surface area contributed by atoms with Gasteiger partial charge in [0, 0.05) is 24.1 Å². The molecule has 0 heterocycles. The van der Waals surface area contributed by atoms with Crippen molar-refractivity contribution in [2.45, 2.75) is 19.3 Å². The molecule has 2 N–H and O–H groups in total. The average Bonchev–Trinajstić information content (AvgIpc) is 3.06. The average molecular weight is 361 g/mol. The summed E-state index contributed by atoms with van der Waals surface area (Å²) in [7, 11) is 0. The van der Waals surface area contributed by atoms with Crippen LogP contribution in [0.2, 0.25) is 0 Å². The van der Waals surface area contributed by atoms with Gasteiger partial charge in [0.25, 0.3) is 0 Å². The molecule has 2 aromatic rings. The third kappa shape index (κ3) is 4.17. The number of amides is 1. The molecule has 0 aliphatic heterocycles. The molecule has 0 aromatic heterocycles. The number of hydrogen-bond acceptors (Lipinski definition) is 3. The number of carboxylic acids is 1. The number of hydrogen-bond donors (Lipinski definition) is 2. The highest BCUT2D eigenvalue weighted by Gasteiger charge is 2.34. The predicted octanol–water partition coefficient (Wildman–Crippen LogP) is 4.20. The van der Waals surface area contributed by atoms with Crippen LogP contribution >= 0.6 is 0 Å². The fourth-order valence-corrected chi connectivity index (χ4v) is 3.05. The first-order valence-electron chi connectivity index (χ1n) is 8.19. The lowest BCUT2D eigenvalue weighted by atomic mass is 10.0. The molecule has 0 saturated heterocycles. The van der Waals surface area contributed by atoms with Gasteiger partial charge in [0.1, 0.15) is 17.4 Å². The Labute approximate surface area is 148 Å². The number of carboxylic acid groups (broad SMARTS) is 1. The van der Waals surface area contributed by atoms with Crippen LogP contribution in [0.1, 0.15) is 19.3 Å². The molecule has 2 atom stereocenters. The number of carbonyl (C=O) groups is 2. The summed E-state index contributed by atoms with van der Waals surface area (Å²) in [5, 5.41) is 11.8. The molecule has 1 aliphatic carbocycles. The number of nitrogens with one attached hydrogen (secondary N) is 1. The minimum Gasteiger partial charge on any atom is -0.481 e. The van der Waals surface area contributed by atoms with Crippen LogP contribution in [-0.2, 0) is 9.59 Å². The zero-order valence-electron chi connectivity index (χ0n) is 13.7. The summed E-state index contributed by atoms with van der Waals surface area (Å²) in [4.78, 5) is 23.4. The lowest BCUT2D eigenvalue weighted by molar-refractivity contribution is -0.141. The second-order valence-electron chi connectivity index (χ2n) is 6.24. The molecule has 0 unspecified atom stereocenters. The highest BCUT2D eigenvalue weighted by Crippen LogP contribution is 2.34. The molecular formula is C19H17F2NO4. The standard InChI is InChI=1S/C19H17F2NO4/c20-13-8-14(21)10-15(9-13)26-17-4-2-1-3-16(17)22-18(23)11-5-6-12(7-11)19(24)25/h1-4,8-12H,5-7H2,(H,22,23)(H,24,25)/t11-,12+/m0/s1. The fourth-order valence-electron chi connectivity index (χ4n) is 3.05. The Hall–Kier alpha value is -2.96. The van der Waals surface area contributed by atoms with Crippen molar-refractivity contribution in [2.24, 2.45) is 11.8 Å². The number of ether oxygens (including phenoxy) is 1. The van der Waals surface area contributed by atoms with Crippen molar-refractivity contribution in [1.82, 2.24) is 0 Å². The van der Waals surface area contributed by atoms with E-state index >= 15 is 0 Å². The third-order valence-corrected chi connectivity index (χ3v) is 4.36. The van der Waals surface area contributed by atoms with Crippen LogP contribution in [-0.4, -0.2) is 17.0 Å². The van der Waals surface area contributed by atoms with E-state index in [2.05, 4.69) is 5.32 Å². The normalized spacial score (nSPS) is 19.2. The molecule has 5 nitrogen and oxygen atoms in total. The van der Waals surface area contributed by atoms with Gasteiger partial charge in [-0.3, -0.25) is 9.59 Å². The first-order valence-corrected chi connectivity index (χ1v) is 8.19. The molecule has 3 rings (SSSR count). The highest BCUT2D eigenvalue weighted by molar-refractivity contribution is 5.94. The van der Waals surface area contributed by atoms with Crippen molar-refractivity contribution in [2.75, 3.05) is 5.32 Å². The summed E-state index contributed by atoms with van der Waals surface area (Å²) in [5.41, 5.74) is 0.348. The number of benzene rings is 2. The van der Waals surface area contributed by atoms with Crippen LogP contribution in [0.5, 0.6) is 11.5 Å². The summed E-state index contributed by atoms with van der Waals surface area (Å²) < 4.78 is 32.1. The molecule has 1 saturated carbocycles. The maximum atomic E-state index is 13.3. The summed E-state index contributed by atoms with van der Waals surface area (Å²) >= 11 is 0. The number of halogens is 2. The Kier molecular flexibility index (Phi) is 5.16. The topological polar surface area (TPSA) is 75.6 Å². The largest absolute Gasteiger partial charge is 0.481 e. The molecule has 136 valence electrons. The van der Waals surface area contributed by atoms with E-state index < -0.39 is 29.4 Å². The van der Waals surface area contributed by atoms with Gasteiger partial charge in [-0.1, -0.05) is 12.1 Å². The lowest BCUT2D eigenvalue weighted by Crippen LogP contribution is -2.22. The summed E-state index contributed by atoms with van der Waals surface area (Å²) in [6.45, 7) is 0. The van der Waals surface area contributed by atoms with Gasteiger partial charge in [0.05, 0.1) is 11.6 Å². The lowest BCUT2D eigenvalue weighted by Gasteiger charge is -2.15. The summed E-state index contributed by atoms with van der Waals surface area (Å²) in [6.07, 6.45) is 1.26. The van der Waals surface area contributed by atoms with E-state index in [-0.39, 0.29) is 17.4 Å². The van der Waals surface area contributed by atoms with Crippen LogP contribution < -0.4 is 10.1 Å². The van der Waals surface area contributed by atoms with E-state index in [4.69, 9.17) is 9.84 Å². The van der Waals surface area contributed by atoms with E-state index in [1.807, 2.05) is 0 Å². The quantitative estimate of drug-likeness (QED) is 0.837. The van der Waals surface area contributed by atoms with Crippen LogP contribution in [0.4, 0.5) is 14.5 Å². The minimum atomic E-state index is -0.892. The van der Waals surface area contributed by atoms with Crippen molar-refractivity contribution in [3.8, 4) is 11.5 Å². The van der Waals surface area contributed by atoms with E-state index in [1.54, 1.807) is 24.3 Å². The molecular weight excluding hydrogens is 344 g/mol. The van der Waals surface area contributed by atoms with Crippen molar-refractivity contribution < 1.29 is 28.2 Å². The molecule has 1 amide bonds. The number of para-hydroxylation sites is 2. The van der Waals surface area contributed by atoms with Gasteiger partial charge in [0.15, 0.2) is 5.75 Å². The van der Waals surface area contributed by atoms with Crippen molar-refractivity contribution in [3.63, 3.8) is 0 Å². The number of aliphatic carboxylic acids is 1. The van der Waals surface area contributed by atoms with Gasteiger partial charge in [-0.05, 0) is 31.4 Å². The predicted molar refractivity (Wildman–Crippen MR) is 90.0 cm³/mol. The van der Waals surface area contributed by atoms with Crippen LogP contribution in [0.25, 0.3) is 0 Å². The molecule has 2 aromatic carbocycles. The van der Waals surface area contributed by atoms with E-state index in [0.29, 0.717) is 24.9 Å². The molecule has 0 spiro atoms. The van der Waals surface area contributed by atoms with E-state index in [0.717, 1.165) is 18.2 Å². The van der Waals surface area contributed by atoms with Gasteiger partial charge in [-0.15, -0.1) is 0 Å². The Bertz CT molecular complexity index is 820. The first kappa shape index (κ1) is 17.8. The Morgan fingerprint density at radius 2 is 1.69 bits per heavy atom. The van der Waals surface area contributed by atoms with Crippen LogP contribution in [0.15, 0.2) is 42.5 Å². The SMILES string of the molecule is O=C(O)[C@@H]1CC[C@H](C(=O)Nc2ccccc2Oc2cc(F)cc(F)c2)C1. The monoisotopic (exact) mass is 361 g/mol. The Morgan fingerprint density at radius 1 is 1.04 bits per heavy atom. The van der Waals surface area contributed by atoms with Crippen molar-refractivity contribution in [3.05, 3.63) is 54.1 Å².